The van der Waals surface area contributed by atoms with Crippen molar-refractivity contribution >= 4 is 41.0 Å². The minimum atomic E-state index is -4.71. The third kappa shape index (κ3) is 4.93. The Kier molecular flexibility index (Phi) is 6.70. The molecule has 35 heavy (non-hydrogen) atoms. The van der Waals surface area contributed by atoms with Gasteiger partial charge in [-0.05, 0) is 49.1 Å². The van der Waals surface area contributed by atoms with Gasteiger partial charge in [0.25, 0.3) is 20.0 Å². The number of halogens is 1. The Morgan fingerprint density at radius 2 is 1.63 bits per heavy atom. The maximum absolute atomic E-state index is 14.5. The van der Waals surface area contributed by atoms with Gasteiger partial charge in [-0.25, -0.2) is 38.3 Å². The minimum Gasteiger partial charge on any atom is -0.507 e. The normalized spacial score (nSPS) is 16.6. The summed E-state index contributed by atoms with van der Waals surface area (Å²) in [5.74, 6) is -1.46. The smallest absolute Gasteiger partial charge is 0.272 e. The number of nitrogens with one attached hydrogen (secondary N) is 1. The highest BCUT2D eigenvalue weighted by Gasteiger charge is 2.37. The molecule has 1 aromatic heterocycles. The van der Waals surface area contributed by atoms with Gasteiger partial charge in [0.05, 0.1) is 11.8 Å². The van der Waals surface area contributed by atoms with E-state index < -0.39 is 45.8 Å². The Morgan fingerprint density at radius 3 is 2.26 bits per heavy atom. The standard InChI is InChI=1S/C21H24FN3O7S3/c1-33(27,28)23-14-15-9-11-24(12-10-15)35(31,32)21-13-16-18(6-4-7-19(16)26)25(21)34(29,30)20-8-3-2-5-17(20)22/h2-8,13,15,23,26H,9-12,14H2,1H3. The van der Waals surface area contributed by atoms with Gasteiger partial charge in [-0.15, -0.1) is 0 Å². The number of hydrogen-bond donors (Lipinski definition) is 2. The van der Waals surface area contributed by atoms with Crippen molar-refractivity contribution in [1.82, 2.24) is 13.0 Å². The number of nitrogens with zero attached hydrogens (tertiary/aromatic N) is 2. The molecular formula is C21H24FN3O7S3. The molecule has 0 spiro atoms. The number of piperidine rings is 1. The van der Waals surface area contributed by atoms with Crippen LogP contribution in [0, 0.1) is 11.7 Å². The molecule has 0 unspecified atom stereocenters. The summed E-state index contributed by atoms with van der Waals surface area (Å²) in [5, 5.41) is 9.65. The Labute approximate surface area is 203 Å². The van der Waals surface area contributed by atoms with Crippen molar-refractivity contribution in [2.45, 2.75) is 22.8 Å². The molecule has 4 rings (SSSR count). The van der Waals surface area contributed by atoms with E-state index in [1.165, 1.54) is 30.3 Å². The van der Waals surface area contributed by atoms with Crippen LogP contribution in [0.2, 0.25) is 0 Å². The van der Waals surface area contributed by atoms with Gasteiger partial charge in [-0.2, -0.15) is 4.31 Å². The first-order valence-electron chi connectivity index (χ1n) is 10.6. The van der Waals surface area contributed by atoms with Gasteiger partial charge in [0.15, 0.2) is 5.03 Å². The average Bonchev–Trinajstić information content (AvgIpc) is 3.20. The monoisotopic (exact) mass is 545 g/mol. The first-order valence-corrected chi connectivity index (χ1v) is 15.4. The van der Waals surface area contributed by atoms with Gasteiger partial charge in [0.1, 0.15) is 16.5 Å². The number of hydrogen-bond acceptors (Lipinski definition) is 7. The van der Waals surface area contributed by atoms with Crippen LogP contribution in [-0.4, -0.2) is 64.5 Å². The fraction of sp³-hybridized carbons (Fsp3) is 0.333. The number of sulfonamides is 2. The number of phenols is 1. The van der Waals surface area contributed by atoms with E-state index >= 15 is 0 Å². The Hall–Kier alpha value is -2.52. The van der Waals surface area contributed by atoms with E-state index in [4.69, 9.17) is 0 Å². The van der Waals surface area contributed by atoms with Crippen LogP contribution in [0.4, 0.5) is 4.39 Å². The molecule has 0 bridgehead atoms. The van der Waals surface area contributed by atoms with Gasteiger partial charge in [-0.3, -0.25) is 0 Å². The lowest BCUT2D eigenvalue weighted by molar-refractivity contribution is 0.273. The summed E-state index contributed by atoms with van der Waals surface area (Å²) >= 11 is 0. The summed E-state index contributed by atoms with van der Waals surface area (Å²) in [4.78, 5) is -0.706. The molecule has 14 heteroatoms. The molecule has 190 valence electrons. The third-order valence-corrected chi connectivity index (χ3v) is 10.4. The molecule has 0 radical (unpaired) electrons. The molecule has 2 N–H and O–H groups in total. The molecule has 0 atom stereocenters. The van der Waals surface area contributed by atoms with E-state index in [1.54, 1.807) is 0 Å². The maximum atomic E-state index is 14.5. The zero-order valence-corrected chi connectivity index (χ0v) is 21.1. The van der Waals surface area contributed by atoms with E-state index in [9.17, 15) is 34.8 Å². The second-order valence-corrected chi connectivity index (χ2v) is 13.8. The van der Waals surface area contributed by atoms with Crippen LogP contribution in [0.15, 0.2) is 58.5 Å². The quantitative estimate of drug-likeness (QED) is 0.460. The van der Waals surface area contributed by atoms with E-state index in [0.29, 0.717) is 16.8 Å². The molecule has 10 nitrogen and oxygen atoms in total. The molecule has 1 aliphatic heterocycles. The first kappa shape index (κ1) is 25.6. The maximum Gasteiger partial charge on any atom is 0.272 e. The van der Waals surface area contributed by atoms with Crippen LogP contribution in [0.5, 0.6) is 5.75 Å². The van der Waals surface area contributed by atoms with Crippen LogP contribution in [0.25, 0.3) is 10.9 Å². The van der Waals surface area contributed by atoms with Crippen molar-refractivity contribution in [3.05, 3.63) is 54.3 Å². The van der Waals surface area contributed by atoms with Crippen LogP contribution < -0.4 is 4.72 Å². The van der Waals surface area contributed by atoms with Gasteiger partial charge < -0.3 is 5.11 Å². The van der Waals surface area contributed by atoms with Crippen LogP contribution >= 0.6 is 0 Å². The highest BCUT2D eigenvalue weighted by molar-refractivity contribution is 7.92. The number of aromatic hydroxyl groups is 1. The van der Waals surface area contributed by atoms with E-state index in [0.717, 1.165) is 28.8 Å². The van der Waals surface area contributed by atoms with Crippen molar-refractivity contribution in [3.8, 4) is 5.75 Å². The second-order valence-electron chi connectivity index (χ2n) is 8.36. The molecule has 2 heterocycles. The van der Waals surface area contributed by atoms with E-state index in [-0.39, 0.29) is 42.2 Å². The summed E-state index contributed by atoms with van der Waals surface area (Å²) in [6, 6.07) is 9.68. The predicted octanol–water partition coefficient (Wildman–Crippen LogP) is 1.67. The number of benzene rings is 2. The van der Waals surface area contributed by atoms with Crippen molar-refractivity contribution in [2.75, 3.05) is 25.9 Å². The molecule has 1 saturated heterocycles. The Morgan fingerprint density at radius 1 is 0.971 bits per heavy atom. The SMILES string of the molecule is CS(=O)(=O)NCC1CCN(S(=O)(=O)c2cc3c(O)cccc3n2S(=O)(=O)c2ccccc2F)CC1. The molecular weight excluding hydrogens is 521 g/mol. The number of aromatic nitrogens is 1. The van der Waals surface area contributed by atoms with E-state index in [2.05, 4.69) is 4.72 Å². The highest BCUT2D eigenvalue weighted by Crippen LogP contribution is 2.35. The minimum absolute atomic E-state index is 0.0155. The summed E-state index contributed by atoms with van der Waals surface area (Å²) in [6.07, 6.45) is 1.75. The van der Waals surface area contributed by atoms with E-state index in [1.807, 2.05) is 0 Å². The first-order chi connectivity index (χ1) is 16.3. The van der Waals surface area contributed by atoms with Crippen LogP contribution in [-0.2, 0) is 30.1 Å². The topological polar surface area (TPSA) is 143 Å². The number of phenolic OH excluding ortho intramolecular Hbond substituents is 1. The summed E-state index contributed by atoms with van der Waals surface area (Å²) in [5.41, 5.74) is -0.112. The predicted molar refractivity (Wildman–Crippen MR) is 127 cm³/mol. The fourth-order valence-corrected chi connectivity index (χ4v) is 8.22. The Balaban J connectivity index is 1.77. The van der Waals surface area contributed by atoms with Crippen molar-refractivity contribution in [3.63, 3.8) is 0 Å². The lowest BCUT2D eigenvalue weighted by atomic mass is 9.99. The van der Waals surface area contributed by atoms with Crippen LogP contribution in [0.3, 0.4) is 0 Å². The number of fused-ring (bicyclic) bond motifs is 1. The van der Waals surface area contributed by atoms with Gasteiger partial charge in [-0.1, -0.05) is 18.2 Å². The average molecular weight is 546 g/mol. The van der Waals surface area contributed by atoms with Gasteiger partial charge >= 0.3 is 0 Å². The lowest BCUT2D eigenvalue weighted by Crippen LogP contribution is -2.42. The van der Waals surface area contributed by atoms with Crippen molar-refractivity contribution in [2.24, 2.45) is 5.92 Å². The Bertz CT molecular complexity index is 1590. The molecule has 1 fully saturated rings. The summed E-state index contributed by atoms with van der Waals surface area (Å²) in [6.45, 7) is 0.236. The molecule has 1 aliphatic rings. The third-order valence-electron chi connectivity index (χ3n) is 5.91. The molecule has 0 aliphatic carbocycles. The largest absolute Gasteiger partial charge is 0.507 e. The number of rotatable bonds is 7. The second kappa shape index (κ2) is 9.17. The molecule has 2 aromatic carbocycles. The summed E-state index contributed by atoms with van der Waals surface area (Å²) < 4.78 is 95.5. The fourth-order valence-electron chi connectivity index (χ4n) is 4.10. The van der Waals surface area contributed by atoms with Gasteiger partial charge in [0, 0.05) is 25.0 Å². The lowest BCUT2D eigenvalue weighted by Gasteiger charge is -2.31. The van der Waals surface area contributed by atoms with Crippen molar-refractivity contribution < 1.29 is 34.8 Å². The zero-order valence-electron chi connectivity index (χ0n) is 18.6. The highest BCUT2D eigenvalue weighted by atomic mass is 32.2. The van der Waals surface area contributed by atoms with Crippen LogP contribution in [0.1, 0.15) is 12.8 Å². The molecule has 3 aromatic rings. The summed E-state index contributed by atoms with van der Waals surface area (Å²) in [7, 11) is -12.5. The molecule has 0 amide bonds. The zero-order chi connectivity index (χ0) is 25.6. The van der Waals surface area contributed by atoms with Gasteiger partial charge in [0.2, 0.25) is 10.0 Å². The van der Waals surface area contributed by atoms with Crippen molar-refractivity contribution in [1.29, 1.82) is 0 Å². The molecule has 0 saturated carbocycles.